The highest BCUT2D eigenvalue weighted by Crippen LogP contribution is 2.32. The first-order chi connectivity index (χ1) is 8.97. The smallest absolute Gasteiger partial charge is 0.323 e. The third kappa shape index (κ3) is 3.34. The second-order valence-electron chi connectivity index (χ2n) is 3.71. The minimum atomic E-state index is -1.09. The van der Waals surface area contributed by atoms with Crippen LogP contribution in [0.4, 0.5) is 0 Å². The van der Waals surface area contributed by atoms with Crippen LogP contribution in [0, 0.1) is 0 Å². The minimum Gasteiger partial charge on any atom is -0.480 e. The van der Waals surface area contributed by atoms with Crippen molar-refractivity contribution in [3.05, 3.63) is 39.8 Å². The van der Waals surface area contributed by atoms with Gasteiger partial charge in [-0.1, -0.05) is 47.7 Å². The number of hydrogen-bond donors (Lipinski definition) is 1. The molecule has 1 N–H and O–H groups in total. The maximum absolute atomic E-state index is 12.0. The molecule has 1 aliphatic rings. The van der Waals surface area contributed by atoms with Crippen LogP contribution in [0.1, 0.15) is 5.56 Å². The van der Waals surface area contributed by atoms with E-state index in [1.165, 1.54) is 0 Å². The van der Waals surface area contributed by atoms with E-state index < -0.39 is 12.5 Å². The summed E-state index contributed by atoms with van der Waals surface area (Å²) in [4.78, 5) is 24.1. The summed E-state index contributed by atoms with van der Waals surface area (Å²) >= 11 is 11.9. The van der Waals surface area contributed by atoms with Crippen LogP contribution in [0.5, 0.6) is 0 Å². The highest BCUT2D eigenvalue weighted by atomic mass is 35.5. The molecule has 1 aliphatic heterocycles. The highest BCUT2D eigenvalue weighted by molar-refractivity contribution is 8.26. The van der Waals surface area contributed by atoms with Crippen molar-refractivity contribution in [2.45, 2.75) is 0 Å². The normalized spacial score (nSPS) is 17.3. The molecule has 0 radical (unpaired) electrons. The minimum absolute atomic E-state index is 0.257. The van der Waals surface area contributed by atoms with Gasteiger partial charge in [0.15, 0.2) is 0 Å². The van der Waals surface area contributed by atoms with E-state index in [0.29, 0.717) is 9.93 Å². The summed E-state index contributed by atoms with van der Waals surface area (Å²) in [6.45, 7) is -0.414. The Morgan fingerprint density at radius 3 is 2.63 bits per heavy atom. The average molecular weight is 314 g/mol. The monoisotopic (exact) mass is 313 g/mol. The quantitative estimate of drug-likeness (QED) is 0.686. The summed E-state index contributed by atoms with van der Waals surface area (Å²) in [6.07, 6.45) is 1.66. The van der Waals surface area contributed by atoms with Gasteiger partial charge in [0.1, 0.15) is 10.9 Å². The van der Waals surface area contributed by atoms with Crippen molar-refractivity contribution in [3.63, 3.8) is 0 Å². The number of aliphatic carboxylic acids is 1. The molecule has 0 spiro atoms. The van der Waals surface area contributed by atoms with Gasteiger partial charge in [0.25, 0.3) is 5.91 Å². The van der Waals surface area contributed by atoms with Crippen LogP contribution in [-0.2, 0) is 9.59 Å². The molecule has 0 saturated carbocycles. The van der Waals surface area contributed by atoms with E-state index in [2.05, 4.69) is 0 Å². The Bertz CT molecular complexity index is 583. The van der Waals surface area contributed by atoms with E-state index in [9.17, 15) is 9.59 Å². The molecule has 1 heterocycles. The van der Waals surface area contributed by atoms with Crippen molar-refractivity contribution in [2.24, 2.45) is 0 Å². The van der Waals surface area contributed by atoms with Crippen LogP contribution in [0.25, 0.3) is 6.08 Å². The molecule has 7 heteroatoms. The van der Waals surface area contributed by atoms with E-state index in [1.807, 2.05) is 0 Å². The SMILES string of the molecule is O=C(O)CN1C(=O)C(=Cc2ccc(Cl)cc2)SC1=S. The van der Waals surface area contributed by atoms with Crippen molar-refractivity contribution < 1.29 is 14.7 Å². The lowest BCUT2D eigenvalue weighted by molar-refractivity contribution is -0.140. The van der Waals surface area contributed by atoms with E-state index in [1.54, 1.807) is 30.3 Å². The van der Waals surface area contributed by atoms with Gasteiger partial charge in [0.2, 0.25) is 0 Å². The third-order valence-corrected chi connectivity index (χ3v) is 3.96. The molecule has 0 atom stereocenters. The second-order valence-corrected chi connectivity index (χ2v) is 5.83. The van der Waals surface area contributed by atoms with Crippen LogP contribution < -0.4 is 0 Å². The van der Waals surface area contributed by atoms with Crippen molar-refractivity contribution in [3.8, 4) is 0 Å². The van der Waals surface area contributed by atoms with Crippen molar-refractivity contribution in [1.29, 1.82) is 0 Å². The van der Waals surface area contributed by atoms with Crippen molar-refractivity contribution in [1.82, 2.24) is 4.90 Å². The van der Waals surface area contributed by atoms with Crippen LogP contribution in [-0.4, -0.2) is 32.7 Å². The number of halogens is 1. The van der Waals surface area contributed by atoms with Gasteiger partial charge >= 0.3 is 5.97 Å². The van der Waals surface area contributed by atoms with Crippen molar-refractivity contribution in [2.75, 3.05) is 6.54 Å². The number of carboxylic acid groups (broad SMARTS) is 1. The Hall–Kier alpha value is -1.37. The molecule has 1 aromatic carbocycles. The van der Waals surface area contributed by atoms with Gasteiger partial charge in [-0.25, -0.2) is 0 Å². The van der Waals surface area contributed by atoms with Gasteiger partial charge in [-0.15, -0.1) is 0 Å². The van der Waals surface area contributed by atoms with Gasteiger partial charge < -0.3 is 5.11 Å². The zero-order valence-electron chi connectivity index (χ0n) is 9.50. The highest BCUT2D eigenvalue weighted by Gasteiger charge is 2.33. The third-order valence-electron chi connectivity index (χ3n) is 2.33. The Kier molecular flexibility index (Phi) is 4.24. The van der Waals surface area contributed by atoms with E-state index >= 15 is 0 Å². The Labute approximate surface area is 124 Å². The Balaban J connectivity index is 2.23. The second kappa shape index (κ2) is 5.73. The molecule has 0 unspecified atom stereocenters. The standard InChI is InChI=1S/C12H8ClNO3S2/c13-8-3-1-7(2-4-8)5-9-11(17)14(6-10(15)16)12(18)19-9/h1-5H,6H2,(H,15,16). The predicted molar refractivity (Wildman–Crippen MR) is 79.0 cm³/mol. The number of thiocarbonyl (C=S) groups is 1. The lowest BCUT2D eigenvalue weighted by Gasteiger charge is -2.10. The molecule has 0 aromatic heterocycles. The molecule has 1 fully saturated rings. The first kappa shape index (κ1) is 14.0. The summed E-state index contributed by atoms with van der Waals surface area (Å²) in [5, 5.41) is 9.33. The zero-order chi connectivity index (χ0) is 14.0. The Morgan fingerprint density at radius 1 is 1.42 bits per heavy atom. The fraction of sp³-hybridized carbons (Fsp3) is 0.0833. The average Bonchev–Trinajstić information content (AvgIpc) is 2.60. The molecule has 1 saturated heterocycles. The number of carboxylic acids is 1. The molecule has 98 valence electrons. The number of thioether (sulfide) groups is 1. The van der Waals surface area contributed by atoms with Crippen molar-refractivity contribution >= 4 is 57.9 Å². The number of hydrogen-bond acceptors (Lipinski definition) is 4. The lowest BCUT2D eigenvalue weighted by Crippen LogP contribution is -2.33. The van der Waals surface area contributed by atoms with Crippen LogP contribution in [0.15, 0.2) is 29.2 Å². The summed E-state index contributed by atoms with van der Waals surface area (Å²) in [6, 6.07) is 6.97. The van der Waals surface area contributed by atoms with Crippen LogP contribution in [0.2, 0.25) is 5.02 Å². The summed E-state index contributed by atoms with van der Waals surface area (Å²) in [5.74, 6) is -1.48. The molecule has 19 heavy (non-hydrogen) atoms. The molecule has 0 aliphatic carbocycles. The van der Waals surface area contributed by atoms with Gasteiger partial charge in [-0.2, -0.15) is 0 Å². The zero-order valence-corrected chi connectivity index (χ0v) is 11.9. The van der Waals surface area contributed by atoms with E-state index in [0.717, 1.165) is 22.2 Å². The predicted octanol–water partition coefficient (Wildman–Crippen LogP) is 2.63. The summed E-state index contributed by atoms with van der Waals surface area (Å²) < 4.78 is 0.257. The molecule has 1 aromatic rings. The van der Waals surface area contributed by atoms with E-state index in [-0.39, 0.29) is 10.2 Å². The number of nitrogens with zero attached hydrogens (tertiary/aromatic N) is 1. The first-order valence-corrected chi connectivity index (χ1v) is 6.80. The maximum atomic E-state index is 12.0. The number of carbonyl (C=O) groups is 2. The summed E-state index contributed by atoms with van der Waals surface area (Å²) in [5.41, 5.74) is 0.806. The molecule has 1 amide bonds. The largest absolute Gasteiger partial charge is 0.480 e. The topological polar surface area (TPSA) is 57.6 Å². The first-order valence-electron chi connectivity index (χ1n) is 5.20. The van der Waals surface area contributed by atoms with Gasteiger partial charge in [-0.3, -0.25) is 14.5 Å². The molecule has 2 rings (SSSR count). The van der Waals surface area contributed by atoms with Crippen LogP contribution in [0.3, 0.4) is 0 Å². The molecule has 4 nitrogen and oxygen atoms in total. The molecular formula is C12H8ClNO3S2. The van der Waals surface area contributed by atoms with Gasteiger partial charge in [0, 0.05) is 5.02 Å². The van der Waals surface area contributed by atoms with E-state index in [4.69, 9.17) is 28.9 Å². The number of benzene rings is 1. The Morgan fingerprint density at radius 2 is 2.05 bits per heavy atom. The lowest BCUT2D eigenvalue weighted by atomic mass is 10.2. The summed E-state index contributed by atoms with van der Waals surface area (Å²) in [7, 11) is 0. The fourth-order valence-electron chi connectivity index (χ4n) is 1.48. The number of amides is 1. The number of carbonyl (C=O) groups excluding carboxylic acids is 1. The number of rotatable bonds is 3. The van der Waals surface area contributed by atoms with Gasteiger partial charge in [0.05, 0.1) is 4.91 Å². The molecule has 0 bridgehead atoms. The maximum Gasteiger partial charge on any atom is 0.323 e. The molecular weight excluding hydrogens is 306 g/mol. The van der Waals surface area contributed by atoms with Crippen LogP contribution >= 0.6 is 35.6 Å². The fourth-order valence-corrected chi connectivity index (χ4v) is 2.86. The van der Waals surface area contributed by atoms with Gasteiger partial charge in [-0.05, 0) is 23.8 Å².